The lowest BCUT2D eigenvalue weighted by molar-refractivity contribution is 0.661. The van der Waals surface area contributed by atoms with Crippen LogP contribution < -0.4 is 0 Å². The van der Waals surface area contributed by atoms with E-state index in [1.807, 2.05) is 53.8 Å². The van der Waals surface area contributed by atoms with Crippen LogP contribution in [0.15, 0.2) is 103 Å². The van der Waals surface area contributed by atoms with Crippen LogP contribution in [0.1, 0.15) is 52.5 Å². The first-order chi connectivity index (χ1) is 22.0. The van der Waals surface area contributed by atoms with Gasteiger partial charge in [0, 0.05) is 31.7 Å². The van der Waals surface area contributed by atoms with Gasteiger partial charge in [0.25, 0.3) is 0 Å². The van der Waals surface area contributed by atoms with E-state index in [0.29, 0.717) is 11.3 Å². The molecule has 212 valence electrons. The molecule has 4 heteroatoms. The number of aromatic nitrogens is 1. The summed E-state index contributed by atoms with van der Waals surface area (Å²) >= 11 is 1.91. The molecule has 0 bridgehead atoms. The Morgan fingerprint density at radius 2 is 1.67 bits per heavy atom. The predicted molar refractivity (Wildman–Crippen MR) is 187 cm³/mol. The van der Waals surface area contributed by atoms with Crippen LogP contribution in [-0.4, -0.2) is 4.57 Å². The molecule has 0 radical (unpaired) electrons. The van der Waals surface area contributed by atoms with Crippen LogP contribution in [0.2, 0.25) is 0 Å². The van der Waals surface area contributed by atoms with Crippen LogP contribution in [0, 0.1) is 17.9 Å². The summed E-state index contributed by atoms with van der Waals surface area (Å²) in [5, 5.41) is 13.8. The Morgan fingerprint density at radius 1 is 0.844 bits per heavy atom. The molecule has 0 saturated carbocycles. The van der Waals surface area contributed by atoms with Crippen molar-refractivity contribution < 1.29 is 0 Å². The molecular weight excluding hydrogens is 567 g/mol. The molecule has 0 fully saturated rings. The Bertz CT molecular complexity index is 2530. The third-order valence-corrected chi connectivity index (χ3v) is 11.2. The van der Waals surface area contributed by atoms with Gasteiger partial charge in [-0.2, -0.15) is 5.26 Å². The summed E-state index contributed by atoms with van der Waals surface area (Å²) in [7, 11) is 0. The fourth-order valence-corrected chi connectivity index (χ4v) is 9.13. The van der Waals surface area contributed by atoms with Gasteiger partial charge in [-0.3, -0.25) is 0 Å². The number of nitriles is 1. The van der Waals surface area contributed by atoms with Gasteiger partial charge in [-0.1, -0.05) is 86.7 Å². The molecule has 5 aromatic carbocycles. The van der Waals surface area contributed by atoms with Crippen molar-refractivity contribution in [2.75, 3.05) is 0 Å². The summed E-state index contributed by atoms with van der Waals surface area (Å²) in [4.78, 5) is 5.09. The van der Waals surface area contributed by atoms with Crippen molar-refractivity contribution in [2.24, 2.45) is 0 Å². The molecule has 1 unspecified atom stereocenters. The summed E-state index contributed by atoms with van der Waals surface area (Å²) in [6.07, 6.45) is 5.54. The molecule has 1 atom stereocenters. The second-order valence-electron chi connectivity index (χ2n) is 12.7. The molecule has 2 aliphatic carbocycles. The maximum Gasteiger partial charge on any atom is 0.188 e. The van der Waals surface area contributed by atoms with Crippen LogP contribution in [0.5, 0.6) is 0 Å². The van der Waals surface area contributed by atoms with E-state index in [1.54, 1.807) is 0 Å². The van der Waals surface area contributed by atoms with Gasteiger partial charge in [0.05, 0.1) is 28.9 Å². The monoisotopic (exact) mass is 593 g/mol. The van der Waals surface area contributed by atoms with E-state index in [9.17, 15) is 5.26 Å². The maximum atomic E-state index is 10.4. The Hall–Kier alpha value is -5.42. The van der Waals surface area contributed by atoms with Gasteiger partial charge in [-0.15, -0.1) is 11.3 Å². The van der Waals surface area contributed by atoms with Crippen LogP contribution in [-0.2, 0) is 11.8 Å². The average Bonchev–Trinajstić information content (AvgIpc) is 3.68. The minimum absolute atomic E-state index is 0.0204. The highest BCUT2D eigenvalue weighted by atomic mass is 32.1. The number of benzene rings is 5. The van der Waals surface area contributed by atoms with E-state index in [0.717, 1.165) is 39.5 Å². The van der Waals surface area contributed by atoms with Gasteiger partial charge in [-0.25, -0.2) is 4.85 Å². The molecule has 3 nitrogen and oxygen atoms in total. The molecule has 0 N–H and O–H groups in total. The van der Waals surface area contributed by atoms with Gasteiger partial charge in [0.1, 0.15) is 6.07 Å². The van der Waals surface area contributed by atoms with E-state index in [-0.39, 0.29) is 11.3 Å². The van der Waals surface area contributed by atoms with E-state index in [2.05, 4.69) is 96.1 Å². The van der Waals surface area contributed by atoms with E-state index in [1.165, 1.54) is 42.8 Å². The molecule has 2 aromatic heterocycles. The highest BCUT2D eigenvalue weighted by Crippen LogP contribution is 2.52. The quantitative estimate of drug-likeness (QED) is 0.184. The number of thiophene rings is 1. The van der Waals surface area contributed by atoms with Crippen LogP contribution in [0.3, 0.4) is 0 Å². The zero-order chi connectivity index (χ0) is 30.4. The van der Waals surface area contributed by atoms with Gasteiger partial charge in [0.15, 0.2) is 5.69 Å². The second kappa shape index (κ2) is 9.29. The van der Waals surface area contributed by atoms with Crippen LogP contribution in [0.25, 0.3) is 59.6 Å². The number of para-hydroxylation sites is 2. The van der Waals surface area contributed by atoms with Crippen molar-refractivity contribution in [1.29, 1.82) is 5.26 Å². The van der Waals surface area contributed by atoms with Crippen molar-refractivity contribution >= 4 is 55.0 Å². The van der Waals surface area contributed by atoms with Gasteiger partial charge >= 0.3 is 0 Å². The van der Waals surface area contributed by atoms with Gasteiger partial charge < -0.3 is 4.57 Å². The maximum absolute atomic E-state index is 10.4. The van der Waals surface area contributed by atoms with Crippen molar-refractivity contribution in [3.8, 4) is 22.9 Å². The van der Waals surface area contributed by atoms with Crippen molar-refractivity contribution in [3.63, 3.8) is 0 Å². The molecule has 0 saturated heterocycles. The van der Waals surface area contributed by atoms with Crippen molar-refractivity contribution in [3.05, 3.63) is 147 Å². The minimum Gasteiger partial charge on any atom is -0.308 e. The van der Waals surface area contributed by atoms with E-state index >= 15 is 0 Å². The summed E-state index contributed by atoms with van der Waals surface area (Å²) < 4.78 is 3.58. The smallest absolute Gasteiger partial charge is 0.188 e. The summed E-state index contributed by atoms with van der Waals surface area (Å²) in [6.45, 7) is 12.3. The molecular formula is C41H27N3S. The summed E-state index contributed by atoms with van der Waals surface area (Å²) in [6, 6.07) is 36.5. The molecule has 45 heavy (non-hydrogen) atoms. The molecule has 2 aliphatic rings. The molecule has 0 aliphatic heterocycles. The normalized spacial score (nSPS) is 16.0. The Morgan fingerprint density at radius 3 is 2.53 bits per heavy atom. The SMILES string of the molecule is [C-]#[N+]c1ccc2c(c1)c1ccccc1n2-c1c(C#N)cccc1C1C=Cc2c(sc3cc4c(cc23)-c2ccccc2C4(C)C)C1. The number of fused-ring (bicyclic) bond motifs is 9. The largest absolute Gasteiger partial charge is 0.308 e. The minimum atomic E-state index is -0.0204. The Labute approximate surface area is 265 Å². The first-order valence-electron chi connectivity index (χ1n) is 15.3. The average molecular weight is 594 g/mol. The zero-order valence-electron chi connectivity index (χ0n) is 24.9. The van der Waals surface area contributed by atoms with Gasteiger partial charge in [0.2, 0.25) is 0 Å². The lowest BCUT2D eigenvalue weighted by Gasteiger charge is -2.23. The number of hydrogen-bond acceptors (Lipinski definition) is 2. The first-order valence-corrected chi connectivity index (χ1v) is 16.1. The third-order valence-electron chi connectivity index (χ3n) is 10.0. The first kappa shape index (κ1) is 26.0. The van der Waals surface area contributed by atoms with Crippen molar-refractivity contribution in [1.82, 2.24) is 4.57 Å². The Balaban J connectivity index is 1.21. The topological polar surface area (TPSA) is 33.1 Å². The molecule has 0 spiro atoms. The fraction of sp³-hybridized carbons (Fsp3) is 0.122. The lowest BCUT2D eigenvalue weighted by Crippen LogP contribution is -2.14. The zero-order valence-corrected chi connectivity index (χ0v) is 25.7. The van der Waals surface area contributed by atoms with Gasteiger partial charge in [-0.05, 0) is 81.6 Å². The van der Waals surface area contributed by atoms with E-state index < -0.39 is 0 Å². The third kappa shape index (κ3) is 3.55. The highest BCUT2D eigenvalue weighted by Gasteiger charge is 2.36. The van der Waals surface area contributed by atoms with E-state index in [4.69, 9.17) is 6.57 Å². The standard InChI is InChI=1S/C41H27N3S/c1-41(2)34-13-6-4-10-28(34)31-21-33-30-17-15-24(19-38(30)45-39(33)22-35(31)41)27-12-8-9-25(23-42)40(27)44-36-14-7-5-11-29(36)32-20-26(43-3)16-18-37(32)44/h4-18,20-22,24H,19H2,1-2H3. The fourth-order valence-electron chi connectivity index (χ4n) is 7.86. The Kier molecular flexibility index (Phi) is 5.37. The number of hydrogen-bond donors (Lipinski definition) is 0. The van der Waals surface area contributed by atoms with Crippen LogP contribution >= 0.6 is 11.3 Å². The second-order valence-corrected chi connectivity index (χ2v) is 13.8. The molecule has 9 rings (SSSR count). The summed E-state index contributed by atoms with van der Waals surface area (Å²) in [5.74, 6) is 0.122. The van der Waals surface area contributed by atoms with Crippen molar-refractivity contribution in [2.45, 2.75) is 31.6 Å². The van der Waals surface area contributed by atoms with Crippen LogP contribution in [0.4, 0.5) is 5.69 Å². The predicted octanol–water partition coefficient (Wildman–Crippen LogP) is 11.1. The molecule has 7 aromatic rings. The summed E-state index contributed by atoms with van der Waals surface area (Å²) in [5.41, 5.74) is 12.2. The number of allylic oxidation sites excluding steroid dienone is 1. The number of rotatable bonds is 2. The molecule has 0 amide bonds. The highest BCUT2D eigenvalue weighted by molar-refractivity contribution is 7.19. The lowest BCUT2D eigenvalue weighted by atomic mass is 9.82. The number of nitrogens with zero attached hydrogens (tertiary/aromatic N) is 3. The molecule has 2 heterocycles.